The van der Waals surface area contributed by atoms with E-state index >= 15 is 0 Å². The molecule has 66 valence electrons. The number of allylic oxidation sites excluding steroid dienone is 2. The highest BCUT2D eigenvalue weighted by atomic mass is 16.3. The molecule has 1 N–H and O–H groups in total. The lowest BCUT2D eigenvalue weighted by molar-refractivity contribution is -0.130. The average Bonchev–Trinajstić information content (AvgIpc) is 2.34. The Balaban J connectivity index is 2.52. The zero-order valence-corrected chi connectivity index (χ0v) is 6.97. The molecule has 3 aliphatic rings. The lowest BCUT2D eigenvalue weighted by Gasteiger charge is -2.29. The molecule has 0 unspecified atom stereocenters. The monoisotopic (exact) mass is 175 g/mol. The Kier molecular flexibility index (Phi) is 1.61. The SMILES string of the molecule is N#C[C@@H]1C[C@@H]2C=CC(=O)[C@@]1(O)C=C2. The first-order valence-electron chi connectivity index (χ1n) is 4.21. The van der Waals surface area contributed by atoms with Crippen LogP contribution in [0.25, 0.3) is 0 Å². The summed E-state index contributed by atoms with van der Waals surface area (Å²) >= 11 is 0. The van der Waals surface area contributed by atoms with Crippen molar-refractivity contribution in [2.24, 2.45) is 11.8 Å². The van der Waals surface area contributed by atoms with E-state index in [4.69, 9.17) is 5.26 Å². The predicted octanol–water partition coefficient (Wildman–Crippen LogP) is 0.572. The summed E-state index contributed by atoms with van der Waals surface area (Å²) in [6.07, 6.45) is 6.90. The highest BCUT2D eigenvalue weighted by Gasteiger charge is 2.45. The molecule has 3 nitrogen and oxygen atoms in total. The van der Waals surface area contributed by atoms with Crippen LogP contribution >= 0.6 is 0 Å². The molecule has 3 rings (SSSR count). The van der Waals surface area contributed by atoms with Crippen LogP contribution in [0.5, 0.6) is 0 Å². The third kappa shape index (κ3) is 1.03. The summed E-state index contributed by atoms with van der Waals surface area (Å²) in [6.45, 7) is 0. The Hall–Kier alpha value is -1.40. The van der Waals surface area contributed by atoms with Crippen LogP contribution < -0.4 is 0 Å². The predicted molar refractivity (Wildman–Crippen MR) is 45.4 cm³/mol. The second-order valence-corrected chi connectivity index (χ2v) is 3.49. The highest BCUT2D eigenvalue weighted by molar-refractivity contribution is 6.00. The van der Waals surface area contributed by atoms with Crippen LogP contribution in [0.2, 0.25) is 0 Å². The van der Waals surface area contributed by atoms with Crippen molar-refractivity contribution in [2.75, 3.05) is 0 Å². The number of nitrogens with zero attached hydrogens (tertiary/aromatic N) is 1. The molecule has 0 aromatic heterocycles. The van der Waals surface area contributed by atoms with Crippen molar-refractivity contribution in [3.05, 3.63) is 24.3 Å². The average molecular weight is 175 g/mol. The molecule has 0 radical (unpaired) electrons. The van der Waals surface area contributed by atoms with Gasteiger partial charge in [0.2, 0.25) is 0 Å². The Morgan fingerprint density at radius 1 is 1.62 bits per heavy atom. The van der Waals surface area contributed by atoms with Gasteiger partial charge in [0.05, 0.1) is 12.0 Å². The molecule has 0 aromatic carbocycles. The van der Waals surface area contributed by atoms with Gasteiger partial charge >= 0.3 is 0 Å². The van der Waals surface area contributed by atoms with Crippen LogP contribution in [0.3, 0.4) is 0 Å². The highest BCUT2D eigenvalue weighted by Crippen LogP contribution is 2.35. The van der Waals surface area contributed by atoms with E-state index in [9.17, 15) is 9.90 Å². The summed E-state index contributed by atoms with van der Waals surface area (Å²) in [5.41, 5.74) is -1.57. The second kappa shape index (κ2) is 2.54. The molecular formula is C10H9NO2. The smallest absolute Gasteiger partial charge is 0.192 e. The number of aliphatic hydroxyl groups is 1. The van der Waals surface area contributed by atoms with Crippen molar-refractivity contribution in [3.63, 3.8) is 0 Å². The Morgan fingerprint density at radius 3 is 3.08 bits per heavy atom. The van der Waals surface area contributed by atoms with Crippen LogP contribution in [0.1, 0.15) is 6.42 Å². The van der Waals surface area contributed by atoms with E-state index < -0.39 is 11.5 Å². The molecule has 13 heavy (non-hydrogen) atoms. The van der Waals surface area contributed by atoms with Crippen LogP contribution in [-0.4, -0.2) is 16.5 Å². The van der Waals surface area contributed by atoms with Crippen molar-refractivity contribution in [1.29, 1.82) is 5.26 Å². The quantitative estimate of drug-likeness (QED) is 0.547. The van der Waals surface area contributed by atoms with Gasteiger partial charge in [-0.3, -0.25) is 4.79 Å². The molecule has 0 fully saturated rings. The fourth-order valence-corrected chi connectivity index (χ4v) is 1.81. The fraction of sp³-hybridized carbons (Fsp3) is 0.400. The first-order valence-corrected chi connectivity index (χ1v) is 4.21. The molecule has 0 heterocycles. The molecule has 0 aromatic rings. The maximum atomic E-state index is 11.4. The van der Waals surface area contributed by atoms with E-state index in [-0.39, 0.29) is 11.7 Å². The van der Waals surface area contributed by atoms with Crippen LogP contribution in [0.4, 0.5) is 0 Å². The fourth-order valence-electron chi connectivity index (χ4n) is 1.81. The van der Waals surface area contributed by atoms with Crippen LogP contribution in [0, 0.1) is 23.2 Å². The van der Waals surface area contributed by atoms with Gasteiger partial charge in [-0.05, 0) is 24.5 Å². The maximum Gasteiger partial charge on any atom is 0.192 e. The van der Waals surface area contributed by atoms with Gasteiger partial charge in [-0.2, -0.15) is 5.26 Å². The molecule has 0 saturated carbocycles. The molecular weight excluding hydrogens is 166 g/mol. The third-order valence-corrected chi connectivity index (χ3v) is 2.68. The van der Waals surface area contributed by atoms with Crippen molar-refractivity contribution in [2.45, 2.75) is 12.0 Å². The number of hydrogen-bond donors (Lipinski definition) is 1. The minimum absolute atomic E-state index is 0.122. The van der Waals surface area contributed by atoms with E-state index in [1.165, 1.54) is 12.2 Å². The number of nitriles is 1. The topological polar surface area (TPSA) is 61.1 Å². The number of carbonyl (C=O) groups excluding carboxylic acids is 1. The lowest BCUT2D eigenvalue weighted by Crippen LogP contribution is -2.43. The van der Waals surface area contributed by atoms with E-state index in [0.29, 0.717) is 6.42 Å². The lowest BCUT2D eigenvalue weighted by atomic mass is 9.77. The summed E-state index contributed by atoms with van der Waals surface area (Å²) < 4.78 is 0. The number of hydrogen-bond acceptors (Lipinski definition) is 3. The van der Waals surface area contributed by atoms with E-state index in [1.807, 2.05) is 6.07 Å². The molecule has 0 saturated heterocycles. The third-order valence-electron chi connectivity index (χ3n) is 2.68. The zero-order chi connectivity index (χ0) is 9.47. The Labute approximate surface area is 76.0 Å². The number of ketones is 1. The van der Waals surface area contributed by atoms with Gasteiger partial charge < -0.3 is 5.11 Å². The van der Waals surface area contributed by atoms with E-state index in [1.54, 1.807) is 12.2 Å². The van der Waals surface area contributed by atoms with Crippen LogP contribution in [-0.2, 0) is 4.79 Å². The van der Waals surface area contributed by atoms with Crippen molar-refractivity contribution >= 4 is 5.78 Å². The summed E-state index contributed by atoms with van der Waals surface area (Å²) in [5, 5.41) is 18.7. The first kappa shape index (κ1) is 8.21. The largest absolute Gasteiger partial charge is 0.376 e. The molecule has 0 spiro atoms. The standard InChI is InChI=1S/C10H9NO2/c11-6-8-5-7-1-2-9(12)10(8,13)4-3-7/h1-4,7-8,13H,5H2/t7-,8+,10-/m1/s1. The summed E-state index contributed by atoms with van der Waals surface area (Å²) in [6, 6.07) is 1.98. The van der Waals surface area contributed by atoms with Gasteiger partial charge in [-0.25, -0.2) is 0 Å². The van der Waals surface area contributed by atoms with E-state index in [0.717, 1.165) is 0 Å². The van der Waals surface area contributed by atoms with Gasteiger partial charge in [0.25, 0.3) is 0 Å². The van der Waals surface area contributed by atoms with Gasteiger partial charge in [0.1, 0.15) is 0 Å². The van der Waals surface area contributed by atoms with Crippen molar-refractivity contribution < 1.29 is 9.90 Å². The number of fused-ring (bicyclic) bond motifs is 2. The first-order chi connectivity index (χ1) is 6.16. The van der Waals surface area contributed by atoms with Crippen molar-refractivity contribution in [1.82, 2.24) is 0 Å². The molecule has 3 atom stereocenters. The van der Waals surface area contributed by atoms with Gasteiger partial charge in [-0.1, -0.05) is 12.2 Å². The van der Waals surface area contributed by atoms with Crippen LogP contribution in [0.15, 0.2) is 24.3 Å². The number of carbonyl (C=O) groups is 1. The Bertz CT molecular complexity index is 350. The minimum Gasteiger partial charge on any atom is -0.376 e. The molecule has 2 bridgehead atoms. The summed E-state index contributed by atoms with van der Waals surface area (Å²) in [7, 11) is 0. The second-order valence-electron chi connectivity index (χ2n) is 3.49. The normalized spacial score (nSPS) is 41.7. The molecule has 3 heteroatoms. The zero-order valence-electron chi connectivity index (χ0n) is 6.97. The van der Waals surface area contributed by atoms with Gasteiger partial charge in [0.15, 0.2) is 11.4 Å². The van der Waals surface area contributed by atoms with Gasteiger partial charge in [-0.15, -0.1) is 0 Å². The summed E-state index contributed by atoms with van der Waals surface area (Å²) in [5.74, 6) is -0.864. The summed E-state index contributed by atoms with van der Waals surface area (Å²) in [4.78, 5) is 11.4. The Morgan fingerprint density at radius 2 is 2.38 bits per heavy atom. The molecule has 0 amide bonds. The molecule has 0 aliphatic heterocycles. The van der Waals surface area contributed by atoms with Crippen molar-refractivity contribution in [3.8, 4) is 6.07 Å². The number of rotatable bonds is 0. The minimum atomic E-state index is -1.57. The van der Waals surface area contributed by atoms with E-state index in [2.05, 4.69) is 0 Å². The molecule has 3 aliphatic carbocycles. The van der Waals surface area contributed by atoms with Gasteiger partial charge in [0, 0.05) is 0 Å². The maximum absolute atomic E-state index is 11.4.